The SMILES string of the molecule is CC(C)CCCC(C)NC(=O)C1CNCCN1. The van der Waals surface area contributed by atoms with Gasteiger partial charge in [-0.3, -0.25) is 4.79 Å². The Bertz CT molecular complexity index is 225. The highest BCUT2D eigenvalue weighted by Crippen LogP contribution is 2.08. The van der Waals surface area contributed by atoms with Gasteiger partial charge in [0.15, 0.2) is 0 Å². The lowest BCUT2D eigenvalue weighted by molar-refractivity contribution is -0.124. The largest absolute Gasteiger partial charge is 0.352 e. The van der Waals surface area contributed by atoms with Gasteiger partial charge in [-0.2, -0.15) is 0 Å². The van der Waals surface area contributed by atoms with E-state index in [0.717, 1.165) is 32.0 Å². The third kappa shape index (κ3) is 6.03. The summed E-state index contributed by atoms with van der Waals surface area (Å²) in [6, 6.07) is 0.223. The molecule has 0 aromatic rings. The summed E-state index contributed by atoms with van der Waals surface area (Å²) >= 11 is 0. The van der Waals surface area contributed by atoms with E-state index in [0.29, 0.717) is 0 Å². The molecule has 1 rings (SSSR count). The van der Waals surface area contributed by atoms with Crippen molar-refractivity contribution in [3.8, 4) is 0 Å². The van der Waals surface area contributed by atoms with Crippen molar-refractivity contribution in [3.05, 3.63) is 0 Å². The predicted molar refractivity (Wildman–Crippen MR) is 71.0 cm³/mol. The molecular weight excluding hydrogens is 214 g/mol. The highest BCUT2D eigenvalue weighted by atomic mass is 16.2. The van der Waals surface area contributed by atoms with Gasteiger partial charge < -0.3 is 16.0 Å². The number of hydrogen-bond donors (Lipinski definition) is 3. The van der Waals surface area contributed by atoms with E-state index in [1.54, 1.807) is 0 Å². The van der Waals surface area contributed by atoms with Crippen LogP contribution < -0.4 is 16.0 Å². The third-order valence-electron chi connectivity index (χ3n) is 3.16. The molecule has 3 N–H and O–H groups in total. The minimum atomic E-state index is -0.0590. The van der Waals surface area contributed by atoms with Crippen LogP contribution in [0.1, 0.15) is 40.0 Å². The summed E-state index contributed by atoms with van der Waals surface area (Å²) in [5.74, 6) is 0.886. The normalized spacial score (nSPS) is 22.5. The molecule has 1 heterocycles. The fourth-order valence-corrected chi connectivity index (χ4v) is 2.09. The predicted octanol–water partition coefficient (Wildman–Crippen LogP) is 0.879. The maximum Gasteiger partial charge on any atom is 0.238 e. The molecule has 1 fully saturated rings. The maximum absolute atomic E-state index is 11.9. The van der Waals surface area contributed by atoms with Gasteiger partial charge in [0, 0.05) is 25.7 Å². The van der Waals surface area contributed by atoms with Crippen molar-refractivity contribution in [2.24, 2.45) is 5.92 Å². The van der Waals surface area contributed by atoms with Crippen molar-refractivity contribution in [2.75, 3.05) is 19.6 Å². The fourth-order valence-electron chi connectivity index (χ4n) is 2.09. The smallest absolute Gasteiger partial charge is 0.238 e. The number of rotatable bonds is 6. The Hall–Kier alpha value is -0.610. The molecule has 1 saturated heterocycles. The van der Waals surface area contributed by atoms with Gasteiger partial charge >= 0.3 is 0 Å². The van der Waals surface area contributed by atoms with Gasteiger partial charge in [-0.05, 0) is 19.3 Å². The second-order valence-electron chi connectivity index (χ2n) is 5.45. The van der Waals surface area contributed by atoms with E-state index in [1.807, 2.05) is 0 Å². The van der Waals surface area contributed by atoms with E-state index >= 15 is 0 Å². The first-order valence-electron chi connectivity index (χ1n) is 6.84. The first kappa shape index (κ1) is 14.5. The zero-order valence-corrected chi connectivity index (χ0v) is 11.4. The standard InChI is InChI=1S/C13H27N3O/c1-10(2)5-4-6-11(3)16-13(17)12-9-14-7-8-15-12/h10-12,14-15H,4-9H2,1-3H3,(H,16,17). The Labute approximate surface area is 105 Å². The monoisotopic (exact) mass is 241 g/mol. The van der Waals surface area contributed by atoms with Crippen molar-refractivity contribution < 1.29 is 4.79 Å². The Kier molecular flexibility index (Phi) is 6.52. The number of amides is 1. The Morgan fingerprint density at radius 2 is 2.06 bits per heavy atom. The van der Waals surface area contributed by atoms with Crippen molar-refractivity contribution in [1.82, 2.24) is 16.0 Å². The maximum atomic E-state index is 11.9. The van der Waals surface area contributed by atoms with Crippen LogP contribution >= 0.6 is 0 Å². The molecule has 4 heteroatoms. The second kappa shape index (κ2) is 7.67. The third-order valence-corrected chi connectivity index (χ3v) is 3.16. The lowest BCUT2D eigenvalue weighted by Gasteiger charge is -2.25. The van der Waals surface area contributed by atoms with Gasteiger partial charge in [0.1, 0.15) is 0 Å². The summed E-state index contributed by atoms with van der Waals surface area (Å²) in [6.45, 7) is 9.13. The second-order valence-corrected chi connectivity index (χ2v) is 5.45. The molecule has 0 aromatic heterocycles. The molecule has 2 atom stereocenters. The average Bonchev–Trinajstić information content (AvgIpc) is 2.29. The molecule has 0 spiro atoms. The number of carbonyl (C=O) groups excluding carboxylic acids is 1. The molecule has 0 aliphatic carbocycles. The summed E-state index contributed by atoms with van der Waals surface area (Å²) in [6.07, 6.45) is 3.50. The van der Waals surface area contributed by atoms with E-state index in [1.165, 1.54) is 12.8 Å². The fraction of sp³-hybridized carbons (Fsp3) is 0.923. The lowest BCUT2D eigenvalue weighted by atomic mass is 10.0. The molecule has 100 valence electrons. The van der Waals surface area contributed by atoms with Gasteiger partial charge in [-0.1, -0.05) is 26.7 Å². The van der Waals surface area contributed by atoms with Crippen molar-refractivity contribution in [2.45, 2.75) is 52.1 Å². The van der Waals surface area contributed by atoms with Gasteiger partial charge in [0.25, 0.3) is 0 Å². The van der Waals surface area contributed by atoms with Crippen LogP contribution in [0, 0.1) is 5.92 Å². The van der Waals surface area contributed by atoms with Crippen LogP contribution in [0.3, 0.4) is 0 Å². The van der Waals surface area contributed by atoms with Crippen LogP contribution in [-0.2, 0) is 4.79 Å². The zero-order valence-electron chi connectivity index (χ0n) is 11.4. The van der Waals surface area contributed by atoms with Gasteiger partial charge in [0.2, 0.25) is 5.91 Å². The van der Waals surface area contributed by atoms with Crippen LogP contribution in [0.2, 0.25) is 0 Å². The summed E-state index contributed by atoms with van der Waals surface area (Å²) in [4.78, 5) is 11.9. The highest BCUT2D eigenvalue weighted by Gasteiger charge is 2.21. The molecule has 0 bridgehead atoms. The van der Waals surface area contributed by atoms with Crippen LogP contribution in [-0.4, -0.2) is 37.6 Å². The quantitative estimate of drug-likeness (QED) is 0.647. The molecule has 2 unspecified atom stereocenters. The van der Waals surface area contributed by atoms with Crippen molar-refractivity contribution >= 4 is 5.91 Å². The van der Waals surface area contributed by atoms with E-state index in [-0.39, 0.29) is 18.0 Å². The first-order chi connectivity index (χ1) is 8.09. The summed E-state index contributed by atoms with van der Waals surface area (Å²) < 4.78 is 0. The van der Waals surface area contributed by atoms with Gasteiger partial charge in [-0.15, -0.1) is 0 Å². The van der Waals surface area contributed by atoms with E-state index in [2.05, 4.69) is 36.7 Å². The van der Waals surface area contributed by atoms with Gasteiger partial charge in [0.05, 0.1) is 6.04 Å². The van der Waals surface area contributed by atoms with Crippen molar-refractivity contribution in [1.29, 1.82) is 0 Å². The summed E-state index contributed by atoms with van der Waals surface area (Å²) in [5, 5.41) is 9.53. The Balaban J connectivity index is 2.15. The molecule has 0 saturated carbocycles. The number of nitrogens with one attached hydrogen (secondary N) is 3. The van der Waals surface area contributed by atoms with Crippen LogP contribution in [0.15, 0.2) is 0 Å². The summed E-state index contributed by atoms with van der Waals surface area (Å²) in [5.41, 5.74) is 0. The molecule has 1 aliphatic rings. The minimum absolute atomic E-state index is 0.0590. The van der Waals surface area contributed by atoms with Crippen LogP contribution in [0.5, 0.6) is 0 Å². The topological polar surface area (TPSA) is 53.2 Å². The Morgan fingerprint density at radius 3 is 2.65 bits per heavy atom. The first-order valence-corrected chi connectivity index (χ1v) is 6.84. The summed E-state index contributed by atoms with van der Waals surface area (Å²) in [7, 11) is 0. The molecule has 17 heavy (non-hydrogen) atoms. The van der Waals surface area contributed by atoms with E-state index < -0.39 is 0 Å². The zero-order chi connectivity index (χ0) is 12.7. The molecular formula is C13H27N3O. The van der Waals surface area contributed by atoms with Crippen LogP contribution in [0.25, 0.3) is 0 Å². The molecule has 1 amide bonds. The molecule has 1 aliphatic heterocycles. The number of hydrogen-bond acceptors (Lipinski definition) is 3. The van der Waals surface area contributed by atoms with E-state index in [9.17, 15) is 4.79 Å². The number of carbonyl (C=O) groups is 1. The molecule has 4 nitrogen and oxygen atoms in total. The van der Waals surface area contributed by atoms with E-state index in [4.69, 9.17) is 0 Å². The number of piperazine rings is 1. The Morgan fingerprint density at radius 1 is 1.29 bits per heavy atom. The van der Waals surface area contributed by atoms with Gasteiger partial charge in [-0.25, -0.2) is 0 Å². The van der Waals surface area contributed by atoms with Crippen LogP contribution in [0.4, 0.5) is 0 Å². The highest BCUT2D eigenvalue weighted by molar-refractivity contribution is 5.82. The molecule has 0 radical (unpaired) electrons. The lowest BCUT2D eigenvalue weighted by Crippen LogP contribution is -2.56. The van der Waals surface area contributed by atoms with Crippen molar-refractivity contribution in [3.63, 3.8) is 0 Å². The average molecular weight is 241 g/mol. The molecule has 0 aromatic carbocycles. The minimum Gasteiger partial charge on any atom is -0.352 e.